The molecular formula is C12H11Br2NO2S2. The lowest BCUT2D eigenvalue weighted by molar-refractivity contribution is 0.568. The van der Waals surface area contributed by atoms with Crippen molar-refractivity contribution in [2.75, 3.05) is 0 Å². The van der Waals surface area contributed by atoms with Crippen LogP contribution in [0.15, 0.2) is 48.9 Å². The van der Waals surface area contributed by atoms with Crippen LogP contribution >= 0.6 is 43.2 Å². The van der Waals surface area contributed by atoms with Crippen LogP contribution in [-0.4, -0.2) is 8.42 Å². The Morgan fingerprint density at radius 3 is 2.42 bits per heavy atom. The molecule has 0 bridgehead atoms. The van der Waals surface area contributed by atoms with E-state index in [1.807, 2.05) is 31.2 Å². The van der Waals surface area contributed by atoms with Gasteiger partial charge in [-0.2, -0.15) is 0 Å². The molecule has 0 saturated carbocycles. The first-order chi connectivity index (χ1) is 8.90. The van der Waals surface area contributed by atoms with E-state index in [-0.39, 0.29) is 6.04 Å². The fraction of sp³-hybridized carbons (Fsp3) is 0.167. The molecule has 1 atom stereocenters. The average molecular weight is 425 g/mol. The molecule has 1 N–H and O–H groups in total. The number of halogens is 2. The van der Waals surface area contributed by atoms with Gasteiger partial charge in [-0.3, -0.25) is 0 Å². The van der Waals surface area contributed by atoms with Crippen LogP contribution in [-0.2, 0) is 10.0 Å². The molecule has 1 heterocycles. The first kappa shape index (κ1) is 15.2. The summed E-state index contributed by atoms with van der Waals surface area (Å²) in [4.78, 5) is 0. The minimum atomic E-state index is -3.49. The second-order valence-corrected chi connectivity index (χ2v) is 9.18. The summed E-state index contributed by atoms with van der Waals surface area (Å²) in [5.41, 5.74) is 0.904. The van der Waals surface area contributed by atoms with Crippen LogP contribution in [0, 0.1) is 0 Å². The van der Waals surface area contributed by atoms with Crippen LogP contribution in [0.4, 0.5) is 0 Å². The summed E-state index contributed by atoms with van der Waals surface area (Å²) in [5, 5.41) is 0. The van der Waals surface area contributed by atoms with Crippen molar-refractivity contribution >= 4 is 53.2 Å². The SMILES string of the molecule is CC(NS(=O)(=O)c1ccc(Br)s1)c1ccccc1Br. The molecule has 1 aromatic heterocycles. The average Bonchev–Trinajstić information content (AvgIpc) is 2.76. The summed E-state index contributed by atoms with van der Waals surface area (Å²) in [6.07, 6.45) is 0. The van der Waals surface area contributed by atoms with Gasteiger partial charge in [0.25, 0.3) is 10.0 Å². The first-order valence-electron chi connectivity index (χ1n) is 5.42. The summed E-state index contributed by atoms with van der Waals surface area (Å²) in [6.45, 7) is 1.82. The Morgan fingerprint density at radius 2 is 1.84 bits per heavy atom. The number of rotatable bonds is 4. The maximum atomic E-state index is 12.2. The summed E-state index contributed by atoms with van der Waals surface area (Å²) in [6, 6.07) is 10.6. The van der Waals surface area contributed by atoms with Gasteiger partial charge >= 0.3 is 0 Å². The van der Waals surface area contributed by atoms with Crippen molar-refractivity contribution in [3.05, 3.63) is 50.2 Å². The predicted octanol–water partition coefficient (Wildman–Crippen LogP) is 4.31. The lowest BCUT2D eigenvalue weighted by atomic mass is 10.1. The summed E-state index contributed by atoms with van der Waals surface area (Å²) in [7, 11) is -3.49. The third-order valence-electron chi connectivity index (χ3n) is 2.52. The van der Waals surface area contributed by atoms with E-state index in [0.717, 1.165) is 13.8 Å². The lowest BCUT2D eigenvalue weighted by Gasteiger charge is -2.15. The second-order valence-electron chi connectivity index (χ2n) is 3.92. The van der Waals surface area contributed by atoms with E-state index < -0.39 is 10.0 Å². The zero-order chi connectivity index (χ0) is 14.0. The maximum absolute atomic E-state index is 12.2. The highest BCUT2D eigenvalue weighted by Gasteiger charge is 2.21. The van der Waals surface area contributed by atoms with Gasteiger partial charge in [0, 0.05) is 10.5 Å². The van der Waals surface area contributed by atoms with E-state index >= 15 is 0 Å². The molecule has 0 amide bonds. The maximum Gasteiger partial charge on any atom is 0.250 e. The molecule has 1 aromatic carbocycles. The normalized spacial score (nSPS) is 13.4. The van der Waals surface area contributed by atoms with Crippen LogP contribution in [0.25, 0.3) is 0 Å². The van der Waals surface area contributed by atoms with Crippen molar-refractivity contribution in [1.82, 2.24) is 4.72 Å². The molecular weight excluding hydrogens is 414 g/mol. The second kappa shape index (κ2) is 6.05. The zero-order valence-corrected chi connectivity index (χ0v) is 14.7. The molecule has 2 aromatic rings. The number of nitrogens with one attached hydrogen (secondary N) is 1. The molecule has 0 radical (unpaired) electrons. The largest absolute Gasteiger partial charge is 0.250 e. The third kappa shape index (κ3) is 3.66. The molecule has 2 rings (SSSR count). The van der Waals surface area contributed by atoms with Gasteiger partial charge in [-0.1, -0.05) is 34.1 Å². The predicted molar refractivity (Wildman–Crippen MR) is 84.9 cm³/mol. The molecule has 0 fully saturated rings. The van der Waals surface area contributed by atoms with Gasteiger partial charge in [0.2, 0.25) is 0 Å². The Bertz CT molecular complexity index is 683. The Hall–Kier alpha value is -0.210. The van der Waals surface area contributed by atoms with E-state index in [4.69, 9.17) is 0 Å². The summed E-state index contributed by atoms with van der Waals surface area (Å²) in [5.74, 6) is 0. The molecule has 3 nitrogen and oxygen atoms in total. The van der Waals surface area contributed by atoms with Crippen molar-refractivity contribution in [3.63, 3.8) is 0 Å². The van der Waals surface area contributed by atoms with Gasteiger partial charge in [-0.15, -0.1) is 11.3 Å². The van der Waals surface area contributed by atoms with Crippen molar-refractivity contribution in [2.45, 2.75) is 17.2 Å². The molecule has 0 aliphatic rings. The standard InChI is InChI=1S/C12H11Br2NO2S2/c1-8(9-4-2-3-5-10(9)13)15-19(16,17)12-7-6-11(14)18-12/h2-8,15H,1H3. The lowest BCUT2D eigenvalue weighted by Crippen LogP contribution is -2.26. The fourth-order valence-corrected chi connectivity index (χ4v) is 5.50. The highest BCUT2D eigenvalue weighted by Crippen LogP contribution is 2.28. The number of hydrogen-bond acceptors (Lipinski definition) is 3. The van der Waals surface area contributed by atoms with Gasteiger partial charge in [0.05, 0.1) is 3.79 Å². The quantitative estimate of drug-likeness (QED) is 0.794. The third-order valence-corrected chi connectivity index (χ3v) is 6.90. The van der Waals surface area contributed by atoms with E-state index in [1.165, 1.54) is 11.3 Å². The van der Waals surface area contributed by atoms with E-state index in [2.05, 4.69) is 36.6 Å². The number of sulfonamides is 1. The Kier molecular flexibility index (Phi) is 4.84. The van der Waals surface area contributed by atoms with E-state index in [0.29, 0.717) is 4.21 Å². The summed E-state index contributed by atoms with van der Waals surface area (Å²) < 4.78 is 29.1. The smallest absolute Gasteiger partial charge is 0.206 e. The van der Waals surface area contributed by atoms with Crippen molar-refractivity contribution in [3.8, 4) is 0 Å². The van der Waals surface area contributed by atoms with Gasteiger partial charge in [0.1, 0.15) is 4.21 Å². The monoisotopic (exact) mass is 423 g/mol. The van der Waals surface area contributed by atoms with Crippen molar-refractivity contribution < 1.29 is 8.42 Å². The van der Waals surface area contributed by atoms with Gasteiger partial charge < -0.3 is 0 Å². The topological polar surface area (TPSA) is 46.2 Å². The number of benzene rings is 1. The Balaban J connectivity index is 2.24. The molecule has 0 aliphatic heterocycles. The number of hydrogen-bond donors (Lipinski definition) is 1. The minimum absolute atomic E-state index is 0.304. The van der Waals surface area contributed by atoms with Crippen LogP contribution in [0.1, 0.15) is 18.5 Å². The summed E-state index contributed by atoms with van der Waals surface area (Å²) >= 11 is 7.88. The van der Waals surface area contributed by atoms with E-state index in [1.54, 1.807) is 12.1 Å². The van der Waals surface area contributed by atoms with Crippen LogP contribution in [0.3, 0.4) is 0 Å². The molecule has 0 saturated heterocycles. The van der Waals surface area contributed by atoms with Gasteiger partial charge in [-0.05, 0) is 46.6 Å². The first-order valence-corrected chi connectivity index (χ1v) is 9.31. The molecule has 1 unspecified atom stereocenters. The van der Waals surface area contributed by atoms with Crippen LogP contribution in [0.5, 0.6) is 0 Å². The minimum Gasteiger partial charge on any atom is -0.206 e. The van der Waals surface area contributed by atoms with Gasteiger partial charge in [-0.25, -0.2) is 13.1 Å². The Labute approximate surface area is 133 Å². The Morgan fingerprint density at radius 1 is 1.16 bits per heavy atom. The van der Waals surface area contributed by atoms with Gasteiger partial charge in [0.15, 0.2) is 0 Å². The van der Waals surface area contributed by atoms with Crippen molar-refractivity contribution in [1.29, 1.82) is 0 Å². The van der Waals surface area contributed by atoms with Crippen LogP contribution in [0.2, 0.25) is 0 Å². The molecule has 102 valence electrons. The molecule has 0 aliphatic carbocycles. The zero-order valence-electron chi connectivity index (χ0n) is 9.93. The molecule has 0 spiro atoms. The highest BCUT2D eigenvalue weighted by atomic mass is 79.9. The van der Waals surface area contributed by atoms with E-state index in [9.17, 15) is 8.42 Å². The van der Waals surface area contributed by atoms with Crippen LogP contribution < -0.4 is 4.72 Å². The molecule has 19 heavy (non-hydrogen) atoms. The van der Waals surface area contributed by atoms with Crippen molar-refractivity contribution in [2.24, 2.45) is 0 Å². The molecule has 7 heteroatoms. The number of thiophene rings is 1. The highest BCUT2D eigenvalue weighted by molar-refractivity contribution is 9.11. The fourth-order valence-electron chi connectivity index (χ4n) is 1.62.